The van der Waals surface area contributed by atoms with Crippen LogP contribution in [-0.4, -0.2) is 23.4 Å². The summed E-state index contributed by atoms with van der Waals surface area (Å²) in [6, 6.07) is 12.9. The van der Waals surface area contributed by atoms with Gasteiger partial charge in [-0.05, 0) is 42.8 Å². The Kier molecular flexibility index (Phi) is 4.95. The van der Waals surface area contributed by atoms with E-state index in [4.69, 9.17) is 4.74 Å². The lowest BCUT2D eigenvalue weighted by Crippen LogP contribution is -2.20. The molecule has 0 saturated heterocycles. The van der Waals surface area contributed by atoms with Crippen molar-refractivity contribution in [2.75, 3.05) is 17.2 Å². The van der Waals surface area contributed by atoms with E-state index in [1.54, 1.807) is 12.1 Å². The lowest BCUT2D eigenvalue weighted by molar-refractivity contribution is -0.118. The van der Waals surface area contributed by atoms with E-state index >= 15 is 0 Å². The molecule has 0 radical (unpaired) electrons. The molecular formula is C18H17N3O3S. The third kappa shape index (κ3) is 4.54. The minimum absolute atomic E-state index is 0.0681. The minimum atomic E-state index is -0.243. The van der Waals surface area contributed by atoms with Crippen molar-refractivity contribution < 1.29 is 14.3 Å². The molecule has 7 heteroatoms. The van der Waals surface area contributed by atoms with Crippen LogP contribution in [-0.2, 0) is 9.59 Å². The topological polar surface area (TPSA) is 80.3 Å². The van der Waals surface area contributed by atoms with Gasteiger partial charge in [0.1, 0.15) is 5.75 Å². The zero-order valence-electron chi connectivity index (χ0n) is 13.8. The van der Waals surface area contributed by atoms with Gasteiger partial charge in [-0.3, -0.25) is 9.59 Å². The number of nitrogens with one attached hydrogen (secondary N) is 2. The highest BCUT2D eigenvalue weighted by molar-refractivity contribution is 7.22. The summed E-state index contributed by atoms with van der Waals surface area (Å²) in [5.41, 5.74) is 2.50. The fourth-order valence-electron chi connectivity index (χ4n) is 2.26. The Balaban J connectivity index is 1.63. The van der Waals surface area contributed by atoms with Crippen molar-refractivity contribution in [3.05, 3.63) is 48.0 Å². The number of ether oxygens (including phenoxy) is 1. The molecule has 1 heterocycles. The molecule has 0 unspecified atom stereocenters. The number of aromatic nitrogens is 1. The SMILES string of the molecule is CC(=O)Nc1nc2ccc(NC(=O)COc3cccc(C)c3)cc2s1. The Hall–Kier alpha value is -2.93. The van der Waals surface area contributed by atoms with E-state index in [9.17, 15) is 9.59 Å². The molecule has 0 saturated carbocycles. The van der Waals surface area contributed by atoms with Gasteiger partial charge in [0.2, 0.25) is 5.91 Å². The summed E-state index contributed by atoms with van der Waals surface area (Å²) in [4.78, 5) is 27.5. The van der Waals surface area contributed by atoms with E-state index in [0.717, 1.165) is 15.8 Å². The number of rotatable bonds is 5. The fourth-order valence-corrected chi connectivity index (χ4v) is 3.21. The molecular weight excluding hydrogens is 338 g/mol. The first-order valence-electron chi connectivity index (χ1n) is 7.67. The molecule has 128 valence electrons. The normalized spacial score (nSPS) is 10.5. The lowest BCUT2D eigenvalue weighted by atomic mass is 10.2. The molecule has 0 spiro atoms. The largest absolute Gasteiger partial charge is 0.484 e. The van der Waals surface area contributed by atoms with Crippen LogP contribution in [0.5, 0.6) is 5.75 Å². The summed E-state index contributed by atoms with van der Waals surface area (Å²) in [5, 5.41) is 5.99. The third-order valence-corrected chi connectivity index (χ3v) is 4.25. The number of benzene rings is 2. The van der Waals surface area contributed by atoms with E-state index in [1.807, 2.05) is 37.3 Å². The van der Waals surface area contributed by atoms with Crippen LogP contribution < -0.4 is 15.4 Å². The van der Waals surface area contributed by atoms with Crippen molar-refractivity contribution >= 4 is 44.2 Å². The van der Waals surface area contributed by atoms with Gasteiger partial charge in [0.15, 0.2) is 11.7 Å². The highest BCUT2D eigenvalue weighted by Gasteiger charge is 2.08. The second-order valence-corrected chi connectivity index (χ2v) is 6.57. The van der Waals surface area contributed by atoms with Gasteiger partial charge in [-0.2, -0.15) is 0 Å². The number of anilines is 2. The van der Waals surface area contributed by atoms with Crippen LogP contribution in [0.3, 0.4) is 0 Å². The van der Waals surface area contributed by atoms with Gasteiger partial charge in [-0.25, -0.2) is 4.98 Å². The van der Waals surface area contributed by atoms with E-state index in [-0.39, 0.29) is 18.4 Å². The van der Waals surface area contributed by atoms with Gasteiger partial charge < -0.3 is 15.4 Å². The molecule has 0 bridgehead atoms. The first kappa shape index (κ1) is 16.9. The molecule has 0 aliphatic heterocycles. The van der Waals surface area contributed by atoms with E-state index in [0.29, 0.717) is 16.6 Å². The summed E-state index contributed by atoms with van der Waals surface area (Å²) >= 11 is 1.35. The van der Waals surface area contributed by atoms with Crippen LogP contribution in [0.2, 0.25) is 0 Å². The van der Waals surface area contributed by atoms with Gasteiger partial charge in [0.05, 0.1) is 10.2 Å². The smallest absolute Gasteiger partial charge is 0.262 e. The van der Waals surface area contributed by atoms with Crippen LogP contribution >= 0.6 is 11.3 Å². The molecule has 1 aromatic heterocycles. The predicted molar refractivity (Wildman–Crippen MR) is 99.2 cm³/mol. The maximum absolute atomic E-state index is 12.1. The standard InChI is InChI=1S/C18H17N3O3S/c1-11-4-3-5-14(8-11)24-10-17(23)20-13-6-7-15-16(9-13)25-18(21-15)19-12(2)22/h3-9H,10H2,1-2H3,(H,20,23)(H,19,21,22). The first-order chi connectivity index (χ1) is 12.0. The molecule has 0 fully saturated rings. The van der Waals surface area contributed by atoms with Crippen molar-refractivity contribution in [1.82, 2.24) is 4.98 Å². The summed E-state index contributed by atoms with van der Waals surface area (Å²) < 4.78 is 6.36. The number of fused-ring (bicyclic) bond motifs is 1. The summed E-state index contributed by atoms with van der Waals surface area (Å²) in [6.07, 6.45) is 0. The first-order valence-corrected chi connectivity index (χ1v) is 8.49. The Morgan fingerprint density at radius 3 is 2.76 bits per heavy atom. The number of hydrogen-bond donors (Lipinski definition) is 2. The molecule has 3 aromatic rings. The molecule has 3 rings (SSSR count). The summed E-state index contributed by atoms with van der Waals surface area (Å²) in [6.45, 7) is 3.33. The van der Waals surface area contributed by atoms with Crippen LogP contribution in [0.4, 0.5) is 10.8 Å². The van der Waals surface area contributed by atoms with E-state index in [1.165, 1.54) is 18.3 Å². The average Bonchev–Trinajstić information content (AvgIpc) is 2.93. The van der Waals surface area contributed by atoms with E-state index in [2.05, 4.69) is 15.6 Å². The van der Waals surface area contributed by atoms with Gasteiger partial charge >= 0.3 is 0 Å². The van der Waals surface area contributed by atoms with Gasteiger partial charge in [0, 0.05) is 12.6 Å². The fraction of sp³-hybridized carbons (Fsp3) is 0.167. The van der Waals surface area contributed by atoms with Crippen molar-refractivity contribution in [1.29, 1.82) is 0 Å². The minimum Gasteiger partial charge on any atom is -0.484 e. The average molecular weight is 355 g/mol. The van der Waals surface area contributed by atoms with Crippen molar-refractivity contribution in [2.45, 2.75) is 13.8 Å². The number of carbonyl (C=O) groups is 2. The molecule has 0 aliphatic carbocycles. The molecule has 0 aliphatic rings. The maximum atomic E-state index is 12.1. The zero-order chi connectivity index (χ0) is 17.8. The number of hydrogen-bond acceptors (Lipinski definition) is 5. The highest BCUT2D eigenvalue weighted by atomic mass is 32.1. The number of amides is 2. The van der Waals surface area contributed by atoms with Crippen LogP contribution in [0.25, 0.3) is 10.2 Å². The second-order valence-electron chi connectivity index (χ2n) is 5.54. The second kappa shape index (κ2) is 7.31. The lowest BCUT2D eigenvalue weighted by Gasteiger charge is -2.08. The van der Waals surface area contributed by atoms with Crippen molar-refractivity contribution in [3.8, 4) is 5.75 Å². The van der Waals surface area contributed by atoms with E-state index < -0.39 is 0 Å². The molecule has 2 amide bonds. The van der Waals surface area contributed by atoms with Crippen LogP contribution in [0.1, 0.15) is 12.5 Å². The third-order valence-electron chi connectivity index (χ3n) is 3.31. The quantitative estimate of drug-likeness (QED) is 0.733. The van der Waals surface area contributed by atoms with Crippen molar-refractivity contribution in [2.24, 2.45) is 0 Å². The number of carbonyl (C=O) groups excluding carboxylic acids is 2. The number of aryl methyl sites for hydroxylation is 1. The van der Waals surface area contributed by atoms with Gasteiger partial charge in [0.25, 0.3) is 5.91 Å². The molecule has 0 atom stereocenters. The Bertz CT molecular complexity index is 936. The van der Waals surface area contributed by atoms with Gasteiger partial charge in [-0.1, -0.05) is 23.5 Å². The molecule has 2 N–H and O–H groups in total. The monoisotopic (exact) mass is 355 g/mol. The Morgan fingerprint density at radius 2 is 2.00 bits per heavy atom. The predicted octanol–water partition coefficient (Wildman–Crippen LogP) is 3.58. The molecule has 25 heavy (non-hydrogen) atoms. The Morgan fingerprint density at radius 1 is 1.16 bits per heavy atom. The number of thiazole rings is 1. The maximum Gasteiger partial charge on any atom is 0.262 e. The Labute approximate surface area is 148 Å². The van der Waals surface area contributed by atoms with Gasteiger partial charge in [-0.15, -0.1) is 0 Å². The summed E-state index contributed by atoms with van der Waals surface area (Å²) in [7, 11) is 0. The molecule has 2 aromatic carbocycles. The highest BCUT2D eigenvalue weighted by Crippen LogP contribution is 2.28. The number of nitrogens with zero attached hydrogens (tertiary/aromatic N) is 1. The molecule has 6 nitrogen and oxygen atoms in total. The zero-order valence-corrected chi connectivity index (χ0v) is 14.6. The van der Waals surface area contributed by atoms with Crippen molar-refractivity contribution in [3.63, 3.8) is 0 Å². The van der Waals surface area contributed by atoms with Crippen LogP contribution in [0, 0.1) is 6.92 Å². The van der Waals surface area contributed by atoms with Crippen LogP contribution in [0.15, 0.2) is 42.5 Å². The summed E-state index contributed by atoms with van der Waals surface area (Å²) in [5.74, 6) is 0.251.